The van der Waals surface area contributed by atoms with Gasteiger partial charge in [0.05, 0.1) is 23.9 Å². The van der Waals surface area contributed by atoms with Crippen LogP contribution in [0.25, 0.3) is 11.4 Å². The first-order valence-electron chi connectivity index (χ1n) is 10.9. The number of aryl methyl sites for hydroxylation is 1. The van der Waals surface area contributed by atoms with Gasteiger partial charge in [0.2, 0.25) is 0 Å². The van der Waals surface area contributed by atoms with Crippen molar-refractivity contribution in [1.29, 1.82) is 0 Å². The van der Waals surface area contributed by atoms with Crippen LogP contribution in [0.4, 0.5) is 0 Å². The first-order valence-corrected chi connectivity index (χ1v) is 10.9. The van der Waals surface area contributed by atoms with Crippen molar-refractivity contribution in [3.05, 3.63) is 71.2 Å². The molecule has 1 aliphatic heterocycles. The molecule has 8 heteroatoms. The molecule has 8 nitrogen and oxygen atoms in total. The van der Waals surface area contributed by atoms with Gasteiger partial charge in [-0.1, -0.05) is 18.2 Å². The van der Waals surface area contributed by atoms with Crippen LogP contribution in [0.15, 0.2) is 54.2 Å². The van der Waals surface area contributed by atoms with Gasteiger partial charge in [-0.15, -0.1) is 0 Å². The van der Waals surface area contributed by atoms with Crippen LogP contribution in [0.5, 0.6) is 5.75 Å². The van der Waals surface area contributed by atoms with Gasteiger partial charge in [0, 0.05) is 26.5 Å². The van der Waals surface area contributed by atoms with Crippen molar-refractivity contribution >= 4 is 23.1 Å². The fourth-order valence-corrected chi connectivity index (χ4v) is 4.28. The van der Waals surface area contributed by atoms with Gasteiger partial charge in [0.1, 0.15) is 17.1 Å². The van der Waals surface area contributed by atoms with E-state index in [9.17, 15) is 14.7 Å². The van der Waals surface area contributed by atoms with Gasteiger partial charge < -0.3 is 19.5 Å². The van der Waals surface area contributed by atoms with Crippen molar-refractivity contribution < 1.29 is 24.2 Å². The Hall–Kier alpha value is -3.65. The van der Waals surface area contributed by atoms with Crippen LogP contribution in [-0.2, 0) is 14.3 Å². The van der Waals surface area contributed by atoms with Gasteiger partial charge in [-0.2, -0.15) is 0 Å². The second kappa shape index (κ2) is 9.46. The number of hydrogen-bond donors (Lipinski definition) is 1. The summed E-state index contributed by atoms with van der Waals surface area (Å²) in [5.41, 5.74) is 2.37. The largest absolute Gasteiger partial charge is 0.505 e. The Morgan fingerprint density at radius 3 is 2.61 bits per heavy atom. The predicted octanol–water partition coefficient (Wildman–Crippen LogP) is 3.50. The van der Waals surface area contributed by atoms with E-state index >= 15 is 0 Å². The number of methoxy groups -OCH3 is 1. The number of carbonyl (C=O) groups is 2. The van der Waals surface area contributed by atoms with Crippen LogP contribution < -0.4 is 4.74 Å². The topological polar surface area (TPSA) is 93.4 Å². The molecule has 0 aliphatic carbocycles. The molecule has 3 heterocycles. The minimum atomic E-state index is -0.730. The van der Waals surface area contributed by atoms with E-state index in [1.165, 1.54) is 4.90 Å². The molecule has 0 radical (unpaired) electrons. The number of pyridine rings is 1. The zero-order valence-electron chi connectivity index (χ0n) is 18.9. The molecule has 1 atom stereocenters. The fraction of sp³-hybridized carbons (Fsp3) is 0.320. The van der Waals surface area contributed by atoms with Crippen LogP contribution in [-0.4, -0.2) is 57.9 Å². The van der Waals surface area contributed by atoms with Crippen molar-refractivity contribution in [3.63, 3.8) is 0 Å². The summed E-state index contributed by atoms with van der Waals surface area (Å²) in [5.74, 6) is -0.903. The second-order valence-electron chi connectivity index (χ2n) is 7.82. The summed E-state index contributed by atoms with van der Waals surface area (Å²) in [5, 5.41) is 11.4. The lowest BCUT2D eigenvalue weighted by molar-refractivity contribution is -0.140. The quantitative estimate of drug-likeness (QED) is 0.245. The molecule has 172 valence electrons. The molecule has 1 fully saturated rings. The van der Waals surface area contributed by atoms with Crippen molar-refractivity contribution in [2.45, 2.75) is 26.3 Å². The zero-order chi connectivity index (χ0) is 23.5. The molecule has 1 aromatic carbocycles. The van der Waals surface area contributed by atoms with Gasteiger partial charge in [0.15, 0.2) is 5.76 Å². The number of fused-ring (bicyclic) bond motifs is 1. The van der Waals surface area contributed by atoms with Crippen LogP contribution in [0, 0.1) is 6.92 Å². The summed E-state index contributed by atoms with van der Waals surface area (Å²) in [6.45, 7) is 4.96. The number of aromatic nitrogens is 2. The third kappa shape index (κ3) is 4.09. The normalized spacial score (nSPS) is 17.8. The number of hydrogen-bond acceptors (Lipinski definition) is 6. The smallest absolute Gasteiger partial charge is 0.295 e. The van der Waals surface area contributed by atoms with E-state index < -0.39 is 17.7 Å². The van der Waals surface area contributed by atoms with E-state index in [4.69, 9.17) is 9.47 Å². The molecule has 1 amide bonds. The molecule has 1 N–H and O–H groups in total. The first-order chi connectivity index (χ1) is 16.0. The highest BCUT2D eigenvalue weighted by Crippen LogP contribution is 2.40. The number of aliphatic hydroxyl groups excluding tert-OH is 1. The van der Waals surface area contributed by atoms with Crippen molar-refractivity contribution in [2.75, 3.05) is 26.9 Å². The van der Waals surface area contributed by atoms with Crippen molar-refractivity contribution in [2.24, 2.45) is 0 Å². The first kappa shape index (κ1) is 22.5. The molecule has 1 aliphatic rings. The van der Waals surface area contributed by atoms with Crippen molar-refractivity contribution in [1.82, 2.24) is 14.3 Å². The molecule has 1 unspecified atom stereocenters. The molecular formula is C25H27N3O5. The maximum atomic E-state index is 13.2. The van der Waals surface area contributed by atoms with E-state index in [-0.39, 0.29) is 11.3 Å². The van der Waals surface area contributed by atoms with E-state index in [1.807, 2.05) is 37.3 Å². The molecule has 0 spiro atoms. The van der Waals surface area contributed by atoms with E-state index in [1.54, 1.807) is 36.8 Å². The van der Waals surface area contributed by atoms with Gasteiger partial charge in [-0.3, -0.25) is 14.0 Å². The van der Waals surface area contributed by atoms with Crippen LogP contribution in [0.3, 0.4) is 0 Å². The maximum Gasteiger partial charge on any atom is 0.295 e. The van der Waals surface area contributed by atoms with Gasteiger partial charge in [0.25, 0.3) is 11.7 Å². The average Bonchev–Trinajstić information content (AvgIpc) is 3.28. The number of imidazole rings is 1. The molecule has 3 aromatic rings. The van der Waals surface area contributed by atoms with Crippen molar-refractivity contribution in [3.8, 4) is 5.75 Å². The van der Waals surface area contributed by atoms with E-state index in [0.29, 0.717) is 54.5 Å². The number of carbonyl (C=O) groups excluding carboxylic acids is 2. The number of ether oxygens (including phenoxy) is 2. The number of ketones is 1. The Balaban J connectivity index is 1.87. The summed E-state index contributed by atoms with van der Waals surface area (Å²) in [7, 11) is 1.59. The lowest BCUT2D eigenvalue weighted by atomic mass is 9.96. The summed E-state index contributed by atoms with van der Waals surface area (Å²) < 4.78 is 12.4. The van der Waals surface area contributed by atoms with E-state index in [0.717, 1.165) is 0 Å². The third-order valence-corrected chi connectivity index (χ3v) is 5.72. The lowest BCUT2D eigenvalue weighted by Gasteiger charge is -2.25. The monoisotopic (exact) mass is 449 g/mol. The number of amides is 1. The SMILES string of the molecule is CCOc1ccc(C2C(=C(O)c3c(C)nc4ccccn34)C(=O)C(=O)N2CCCOC)cc1. The molecule has 0 bridgehead atoms. The maximum absolute atomic E-state index is 13.2. The molecule has 33 heavy (non-hydrogen) atoms. The highest BCUT2D eigenvalue weighted by atomic mass is 16.5. The van der Waals surface area contributed by atoms with Gasteiger partial charge >= 0.3 is 0 Å². The van der Waals surface area contributed by atoms with Gasteiger partial charge in [-0.25, -0.2) is 4.98 Å². The fourth-order valence-electron chi connectivity index (χ4n) is 4.28. The van der Waals surface area contributed by atoms with Crippen LogP contribution >= 0.6 is 0 Å². The Kier molecular flexibility index (Phi) is 6.46. The van der Waals surface area contributed by atoms with E-state index in [2.05, 4.69) is 4.98 Å². The number of Topliss-reactive ketones (excluding diaryl/α,β-unsaturated/α-hetero) is 1. The molecule has 2 aromatic heterocycles. The zero-order valence-corrected chi connectivity index (χ0v) is 18.9. The minimum absolute atomic E-state index is 0.0512. The predicted molar refractivity (Wildman–Crippen MR) is 123 cm³/mol. The summed E-state index contributed by atoms with van der Waals surface area (Å²) in [6.07, 6.45) is 2.33. The summed E-state index contributed by atoms with van der Waals surface area (Å²) in [6, 6.07) is 12.0. The molecule has 0 saturated carbocycles. The molecule has 4 rings (SSSR count). The number of rotatable bonds is 8. The number of nitrogens with zero attached hydrogens (tertiary/aromatic N) is 3. The second-order valence-corrected chi connectivity index (χ2v) is 7.82. The Morgan fingerprint density at radius 1 is 1.15 bits per heavy atom. The Bertz CT molecular complexity index is 1210. The Morgan fingerprint density at radius 2 is 1.91 bits per heavy atom. The summed E-state index contributed by atoms with van der Waals surface area (Å²) in [4.78, 5) is 32.2. The third-order valence-electron chi connectivity index (χ3n) is 5.72. The Labute approximate surface area is 192 Å². The minimum Gasteiger partial charge on any atom is -0.505 e. The highest BCUT2D eigenvalue weighted by molar-refractivity contribution is 6.46. The molecule has 1 saturated heterocycles. The number of benzene rings is 1. The van der Waals surface area contributed by atoms with Crippen LogP contribution in [0.2, 0.25) is 0 Å². The number of aliphatic hydroxyl groups is 1. The summed E-state index contributed by atoms with van der Waals surface area (Å²) >= 11 is 0. The average molecular weight is 450 g/mol. The standard InChI is InChI=1S/C25H27N3O5/c1-4-33-18-11-9-17(10-12-18)22-20(24(30)25(31)28(22)14-7-15-32-3)23(29)21-16(2)26-19-8-5-6-13-27(19)21/h5-6,8-13,22,29H,4,7,14-15H2,1-3H3. The molecular weight excluding hydrogens is 422 g/mol. The number of likely N-dealkylation sites (tertiary alicyclic amines) is 1. The highest BCUT2D eigenvalue weighted by Gasteiger charge is 2.46. The van der Waals surface area contributed by atoms with Gasteiger partial charge in [-0.05, 0) is 50.1 Å². The lowest BCUT2D eigenvalue weighted by Crippen LogP contribution is -2.31. The van der Waals surface area contributed by atoms with Crippen LogP contribution in [0.1, 0.15) is 36.3 Å².